The molecule has 0 aromatic heterocycles. The minimum absolute atomic E-state index is 0.0779. The van der Waals surface area contributed by atoms with Gasteiger partial charge in [-0.3, -0.25) is 9.59 Å². The van der Waals surface area contributed by atoms with Gasteiger partial charge in [-0.05, 0) is 55.5 Å². The average Bonchev–Trinajstić information content (AvgIpc) is 2.80. The van der Waals surface area contributed by atoms with E-state index in [0.717, 1.165) is 37.0 Å². The normalized spacial score (nSPS) is 15.2. The molecule has 3 rings (SSSR count). The van der Waals surface area contributed by atoms with E-state index in [-0.39, 0.29) is 24.4 Å². The zero-order valence-electron chi connectivity index (χ0n) is 19.3. The predicted molar refractivity (Wildman–Crippen MR) is 139 cm³/mol. The van der Waals surface area contributed by atoms with Crippen LogP contribution in [0.25, 0.3) is 0 Å². The summed E-state index contributed by atoms with van der Waals surface area (Å²) in [5.74, 6) is 0.854. The topological polar surface area (TPSA) is 49.4 Å². The Kier molecular flexibility index (Phi) is 9.96. The summed E-state index contributed by atoms with van der Waals surface area (Å²) < 4.78 is 0. The third kappa shape index (κ3) is 7.66. The van der Waals surface area contributed by atoms with Gasteiger partial charge in [0.2, 0.25) is 11.8 Å². The second-order valence-electron chi connectivity index (χ2n) is 8.70. The quantitative estimate of drug-likeness (QED) is 0.427. The van der Waals surface area contributed by atoms with Crippen molar-refractivity contribution >= 4 is 46.8 Å². The molecule has 4 nitrogen and oxygen atoms in total. The molecule has 0 bridgehead atoms. The van der Waals surface area contributed by atoms with E-state index in [4.69, 9.17) is 23.2 Å². The minimum Gasteiger partial charge on any atom is -0.352 e. The maximum Gasteiger partial charge on any atom is 0.242 e. The standard InChI is InChI=1S/C26H32Cl2N2O2S/c1-18-8-6-7-9-21(18)16-33-17-25(31)30(15-20-12-13-22(27)14-24(20)28)19(2)26(32)29-23-10-4-3-5-11-23/h6-9,12-14,19,23H,3-5,10-11,15-17H2,1-2H3,(H,29,32)/t19-/m1/s1. The SMILES string of the molecule is Cc1ccccc1CSCC(=O)N(Cc1ccc(Cl)cc1Cl)[C@H](C)C(=O)NC1CCCCC1. The van der Waals surface area contributed by atoms with Crippen molar-refractivity contribution in [1.82, 2.24) is 10.2 Å². The Morgan fingerprint density at radius 2 is 1.82 bits per heavy atom. The van der Waals surface area contributed by atoms with Gasteiger partial charge in [-0.1, -0.05) is 72.8 Å². The number of rotatable bonds is 9. The Morgan fingerprint density at radius 1 is 1.09 bits per heavy atom. The van der Waals surface area contributed by atoms with Crippen LogP contribution in [0.2, 0.25) is 10.0 Å². The predicted octanol–water partition coefficient (Wildman–Crippen LogP) is 6.40. The molecule has 1 fully saturated rings. The number of carbonyl (C=O) groups excluding carboxylic acids is 2. The molecule has 1 saturated carbocycles. The number of hydrogen-bond acceptors (Lipinski definition) is 3. The third-order valence-corrected chi connectivity index (χ3v) is 7.77. The molecular weight excluding hydrogens is 475 g/mol. The van der Waals surface area contributed by atoms with Crippen LogP contribution in [0, 0.1) is 6.92 Å². The highest BCUT2D eigenvalue weighted by Gasteiger charge is 2.28. The first kappa shape index (κ1) is 25.9. The number of nitrogens with zero attached hydrogens (tertiary/aromatic N) is 1. The lowest BCUT2D eigenvalue weighted by Crippen LogP contribution is -2.50. The van der Waals surface area contributed by atoms with Crippen molar-refractivity contribution < 1.29 is 9.59 Å². The van der Waals surface area contributed by atoms with Gasteiger partial charge in [0.1, 0.15) is 6.04 Å². The van der Waals surface area contributed by atoms with Crippen LogP contribution >= 0.6 is 35.0 Å². The zero-order chi connectivity index (χ0) is 23.8. The van der Waals surface area contributed by atoms with Crippen LogP contribution in [-0.4, -0.2) is 34.6 Å². The van der Waals surface area contributed by atoms with Gasteiger partial charge >= 0.3 is 0 Å². The van der Waals surface area contributed by atoms with Gasteiger partial charge in [-0.2, -0.15) is 0 Å². The van der Waals surface area contributed by atoms with Crippen LogP contribution < -0.4 is 5.32 Å². The Bertz CT molecular complexity index is 963. The van der Waals surface area contributed by atoms with E-state index in [0.29, 0.717) is 15.8 Å². The molecule has 0 spiro atoms. The summed E-state index contributed by atoms with van der Waals surface area (Å²) >= 11 is 14.0. The molecule has 1 N–H and O–H groups in total. The molecule has 0 heterocycles. The monoisotopic (exact) mass is 506 g/mol. The highest BCUT2D eigenvalue weighted by atomic mass is 35.5. The number of carbonyl (C=O) groups is 2. The summed E-state index contributed by atoms with van der Waals surface area (Å²) in [4.78, 5) is 28.0. The van der Waals surface area contributed by atoms with Crippen molar-refractivity contribution in [3.8, 4) is 0 Å². The molecule has 0 aliphatic heterocycles. The number of halogens is 2. The highest BCUT2D eigenvalue weighted by Crippen LogP contribution is 2.25. The van der Waals surface area contributed by atoms with Crippen molar-refractivity contribution in [1.29, 1.82) is 0 Å². The fraction of sp³-hybridized carbons (Fsp3) is 0.462. The van der Waals surface area contributed by atoms with Gasteiger partial charge in [-0.15, -0.1) is 11.8 Å². The lowest BCUT2D eigenvalue weighted by Gasteiger charge is -2.31. The van der Waals surface area contributed by atoms with Crippen molar-refractivity contribution in [3.05, 3.63) is 69.2 Å². The van der Waals surface area contributed by atoms with Crippen molar-refractivity contribution in [3.63, 3.8) is 0 Å². The highest BCUT2D eigenvalue weighted by molar-refractivity contribution is 7.99. The molecule has 178 valence electrons. The molecule has 1 atom stereocenters. The third-order valence-electron chi connectivity index (χ3n) is 6.22. The van der Waals surface area contributed by atoms with Gasteiger partial charge in [0, 0.05) is 28.4 Å². The van der Waals surface area contributed by atoms with Crippen molar-refractivity contribution in [2.75, 3.05) is 5.75 Å². The lowest BCUT2D eigenvalue weighted by molar-refractivity contribution is -0.139. The second-order valence-corrected chi connectivity index (χ2v) is 10.5. The second kappa shape index (κ2) is 12.7. The molecule has 1 aliphatic carbocycles. The Balaban J connectivity index is 1.69. The summed E-state index contributed by atoms with van der Waals surface area (Å²) in [7, 11) is 0. The average molecular weight is 508 g/mol. The first-order valence-corrected chi connectivity index (χ1v) is 13.4. The van der Waals surface area contributed by atoms with E-state index in [2.05, 4.69) is 24.4 Å². The Morgan fingerprint density at radius 3 is 2.52 bits per heavy atom. The molecule has 2 aromatic carbocycles. The largest absolute Gasteiger partial charge is 0.352 e. The van der Waals surface area contributed by atoms with Crippen LogP contribution in [0.1, 0.15) is 55.7 Å². The summed E-state index contributed by atoms with van der Waals surface area (Å²) in [6.45, 7) is 4.13. The molecule has 0 saturated heterocycles. The Hall–Kier alpha value is -1.69. The molecule has 33 heavy (non-hydrogen) atoms. The fourth-order valence-electron chi connectivity index (χ4n) is 4.09. The van der Waals surface area contributed by atoms with Gasteiger partial charge in [0.25, 0.3) is 0 Å². The molecule has 1 aliphatic rings. The van der Waals surface area contributed by atoms with Crippen molar-refractivity contribution in [2.24, 2.45) is 0 Å². The van der Waals surface area contributed by atoms with Crippen LogP contribution in [0.4, 0.5) is 0 Å². The van der Waals surface area contributed by atoms with E-state index < -0.39 is 6.04 Å². The number of aryl methyl sites for hydroxylation is 1. The fourth-order valence-corrected chi connectivity index (χ4v) is 5.54. The zero-order valence-corrected chi connectivity index (χ0v) is 21.6. The molecule has 0 unspecified atom stereocenters. The number of benzene rings is 2. The van der Waals surface area contributed by atoms with Gasteiger partial charge in [0.05, 0.1) is 5.75 Å². The molecule has 7 heteroatoms. The van der Waals surface area contributed by atoms with Crippen LogP contribution in [0.15, 0.2) is 42.5 Å². The summed E-state index contributed by atoms with van der Waals surface area (Å²) in [5.41, 5.74) is 3.20. The maximum absolute atomic E-state index is 13.3. The minimum atomic E-state index is -0.592. The molecule has 0 radical (unpaired) electrons. The van der Waals surface area contributed by atoms with E-state index in [9.17, 15) is 9.59 Å². The molecule has 2 aromatic rings. The number of amides is 2. The number of thioether (sulfide) groups is 1. The molecular formula is C26H32Cl2N2O2S. The first-order valence-electron chi connectivity index (χ1n) is 11.5. The maximum atomic E-state index is 13.3. The summed E-state index contributed by atoms with van der Waals surface area (Å²) in [6.07, 6.45) is 5.50. The van der Waals surface area contributed by atoms with Gasteiger partial charge < -0.3 is 10.2 Å². The number of hydrogen-bond donors (Lipinski definition) is 1. The lowest BCUT2D eigenvalue weighted by atomic mass is 9.95. The van der Waals surface area contributed by atoms with Crippen molar-refractivity contribution in [2.45, 2.75) is 70.3 Å². The van der Waals surface area contributed by atoms with Crippen LogP contribution in [0.3, 0.4) is 0 Å². The van der Waals surface area contributed by atoms with E-state index in [1.165, 1.54) is 17.5 Å². The summed E-state index contributed by atoms with van der Waals surface area (Å²) in [6, 6.07) is 13.0. The summed E-state index contributed by atoms with van der Waals surface area (Å²) in [5, 5.41) is 4.19. The van der Waals surface area contributed by atoms with Gasteiger partial charge in [0.15, 0.2) is 0 Å². The van der Waals surface area contributed by atoms with E-state index in [1.807, 2.05) is 18.2 Å². The van der Waals surface area contributed by atoms with E-state index in [1.54, 1.807) is 35.7 Å². The molecule has 2 amide bonds. The smallest absolute Gasteiger partial charge is 0.242 e. The van der Waals surface area contributed by atoms with E-state index >= 15 is 0 Å². The number of nitrogens with one attached hydrogen (secondary N) is 1. The van der Waals surface area contributed by atoms with Crippen LogP contribution in [0.5, 0.6) is 0 Å². The first-order chi connectivity index (χ1) is 15.8. The van der Waals surface area contributed by atoms with Crippen LogP contribution in [-0.2, 0) is 21.9 Å². The Labute approximate surface area is 211 Å². The van der Waals surface area contributed by atoms with Gasteiger partial charge in [-0.25, -0.2) is 0 Å².